The lowest BCUT2D eigenvalue weighted by Gasteiger charge is -2.13. The van der Waals surface area contributed by atoms with Crippen molar-refractivity contribution in [1.29, 1.82) is 0 Å². The summed E-state index contributed by atoms with van der Waals surface area (Å²) in [7, 11) is 3.21. The van der Waals surface area contributed by atoms with E-state index >= 15 is 0 Å². The van der Waals surface area contributed by atoms with Crippen molar-refractivity contribution in [3.63, 3.8) is 0 Å². The van der Waals surface area contributed by atoms with Gasteiger partial charge in [0.05, 0.1) is 14.2 Å². The van der Waals surface area contributed by atoms with Gasteiger partial charge in [-0.2, -0.15) is 0 Å². The molecule has 0 saturated carbocycles. The Labute approximate surface area is 166 Å². The van der Waals surface area contributed by atoms with E-state index in [4.69, 9.17) is 28.4 Å². The van der Waals surface area contributed by atoms with Crippen LogP contribution < -0.4 is 18.9 Å². The molecule has 0 aliphatic carbocycles. The molecule has 6 heteroatoms. The lowest BCUT2D eigenvalue weighted by molar-refractivity contribution is 0.00605. The Bertz CT molecular complexity index is 784. The molecule has 2 aromatic carbocycles. The van der Waals surface area contributed by atoms with Crippen LogP contribution in [-0.4, -0.2) is 41.0 Å². The molecule has 0 N–H and O–H groups in total. The van der Waals surface area contributed by atoms with Gasteiger partial charge in [-0.15, -0.1) is 0 Å². The van der Waals surface area contributed by atoms with Crippen LogP contribution in [0.25, 0.3) is 0 Å². The second-order valence-corrected chi connectivity index (χ2v) is 5.52. The summed E-state index contributed by atoms with van der Waals surface area (Å²) >= 11 is 0. The van der Waals surface area contributed by atoms with E-state index < -0.39 is 0 Å². The van der Waals surface area contributed by atoms with E-state index in [-0.39, 0.29) is 13.6 Å². The molecule has 0 aliphatic heterocycles. The SMILES string of the molecule is CCOCOc1ccc(C#Cc2cc(OC)cc(OC)c2)cc1OCOCC. The zero-order valence-corrected chi connectivity index (χ0v) is 16.7. The molecule has 28 heavy (non-hydrogen) atoms. The van der Waals surface area contributed by atoms with Crippen molar-refractivity contribution >= 4 is 0 Å². The maximum atomic E-state index is 5.66. The summed E-state index contributed by atoms with van der Waals surface area (Å²) in [6, 6.07) is 11.0. The number of hydrogen-bond acceptors (Lipinski definition) is 6. The summed E-state index contributed by atoms with van der Waals surface area (Å²) in [6.07, 6.45) is 0. The predicted molar refractivity (Wildman–Crippen MR) is 106 cm³/mol. The lowest BCUT2D eigenvalue weighted by atomic mass is 10.1. The molecule has 6 nitrogen and oxygen atoms in total. The van der Waals surface area contributed by atoms with Crippen LogP contribution in [0.2, 0.25) is 0 Å². The van der Waals surface area contributed by atoms with Gasteiger partial charge in [0.25, 0.3) is 0 Å². The number of methoxy groups -OCH3 is 2. The van der Waals surface area contributed by atoms with E-state index in [1.54, 1.807) is 26.4 Å². The first-order chi connectivity index (χ1) is 13.7. The Hall–Kier alpha value is -2.88. The van der Waals surface area contributed by atoms with Crippen molar-refractivity contribution in [2.24, 2.45) is 0 Å². The smallest absolute Gasteiger partial charge is 0.189 e. The first kappa shape index (κ1) is 21.4. The van der Waals surface area contributed by atoms with Crippen LogP contribution in [0, 0.1) is 11.8 Å². The fourth-order valence-corrected chi connectivity index (χ4v) is 2.22. The standard InChI is InChI=1S/C22H26O6/c1-5-25-15-27-21-10-9-17(13-22(21)28-16-26-6-2)7-8-18-11-19(23-3)14-20(12-18)24-4/h9-14H,5-6,15-16H2,1-4H3. The molecule has 2 rings (SSSR count). The van der Waals surface area contributed by atoms with Crippen LogP contribution in [0.1, 0.15) is 25.0 Å². The molecule has 0 aromatic heterocycles. The Kier molecular flexibility index (Phi) is 8.99. The number of rotatable bonds is 10. The normalized spacial score (nSPS) is 10.0. The molecular formula is C22H26O6. The van der Waals surface area contributed by atoms with Gasteiger partial charge >= 0.3 is 0 Å². The van der Waals surface area contributed by atoms with E-state index in [0.29, 0.717) is 36.2 Å². The number of ether oxygens (including phenoxy) is 6. The van der Waals surface area contributed by atoms with Gasteiger partial charge in [0, 0.05) is 30.4 Å². The third-order valence-corrected chi connectivity index (χ3v) is 3.65. The monoisotopic (exact) mass is 386 g/mol. The summed E-state index contributed by atoms with van der Waals surface area (Å²) in [4.78, 5) is 0. The first-order valence-electron chi connectivity index (χ1n) is 9.00. The molecule has 0 unspecified atom stereocenters. The van der Waals surface area contributed by atoms with Crippen molar-refractivity contribution in [2.75, 3.05) is 41.0 Å². The van der Waals surface area contributed by atoms with Crippen LogP contribution >= 0.6 is 0 Å². The summed E-state index contributed by atoms with van der Waals surface area (Å²) in [6.45, 7) is 5.22. The highest BCUT2D eigenvalue weighted by atomic mass is 16.7. The average molecular weight is 386 g/mol. The van der Waals surface area contributed by atoms with Crippen molar-refractivity contribution in [2.45, 2.75) is 13.8 Å². The highest BCUT2D eigenvalue weighted by Crippen LogP contribution is 2.28. The van der Waals surface area contributed by atoms with Crippen LogP contribution in [0.4, 0.5) is 0 Å². The van der Waals surface area contributed by atoms with Crippen LogP contribution in [0.3, 0.4) is 0 Å². The third-order valence-electron chi connectivity index (χ3n) is 3.65. The largest absolute Gasteiger partial charge is 0.497 e. The molecule has 150 valence electrons. The van der Waals surface area contributed by atoms with Crippen molar-refractivity contribution in [3.8, 4) is 34.8 Å². The minimum absolute atomic E-state index is 0.130. The van der Waals surface area contributed by atoms with Crippen molar-refractivity contribution in [3.05, 3.63) is 47.5 Å². The van der Waals surface area contributed by atoms with E-state index in [0.717, 1.165) is 11.1 Å². The third kappa shape index (κ3) is 6.69. The summed E-state index contributed by atoms with van der Waals surface area (Å²) in [5.41, 5.74) is 1.56. The van der Waals surface area contributed by atoms with Crippen molar-refractivity contribution < 1.29 is 28.4 Å². The fourth-order valence-electron chi connectivity index (χ4n) is 2.22. The zero-order valence-electron chi connectivity index (χ0n) is 16.7. The first-order valence-corrected chi connectivity index (χ1v) is 9.00. The van der Waals surface area contributed by atoms with Gasteiger partial charge in [0.1, 0.15) is 11.5 Å². The molecule has 0 bridgehead atoms. The summed E-state index contributed by atoms with van der Waals surface area (Å²) < 4.78 is 32.3. The number of benzene rings is 2. The summed E-state index contributed by atoms with van der Waals surface area (Å²) in [5, 5.41) is 0. The van der Waals surface area contributed by atoms with E-state index in [1.807, 2.05) is 38.1 Å². The van der Waals surface area contributed by atoms with Crippen LogP contribution in [0.5, 0.6) is 23.0 Å². The van der Waals surface area contributed by atoms with Gasteiger partial charge in [-0.25, -0.2) is 0 Å². The highest BCUT2D eigenvalue weighted by Gasteiger charge is 2.07. The van der Waals surface area contributed by atoms with Crippen LogP contribution in [0.15, 0.2) is 36.4 Å². The van der Waals surface area contributed by atoms with Gasteiger partial charge in [-0.1, -0.05) is 11.8 Å². The molecule has 0 fully saturated rings. The molecule has 2 aromatic rings. The number of hydrogen-bond donors (Lipinski definition) is 0. The maximum Gasteiger partial charge on any atom is 0.189 e. The quantitative estimate of drug-likeness (QED) is 0.351. The van der Waals surface area contributed by atoms with E-state index in [9.17, 15) is 0 Å². The minimum Gasteiger partial charge on any atom is -0.497 e. The maximum absolute atomic E-state index is 5.66. The Balaban J connectivity index is 2.23. The van der Waals surface area contributed by atoms with Crippen LogP contribution in [-0.2, 0) is 9.47 Å². The van der Waals surface area contributed by atoms with Crippen molar-refractivity contribution in [1.82, 2.24) is 0 Å². The molecular weight excluding hydrogens is 360 g/mol. The Morgan fingerprint density at radius 1 is 0.679 bits per heavy atom. The van der Waals surface area contributed by atoms with Gasteiger partial charge in [0.15, 0.2) is 25.1 Å². The molecule has 0 saturated heterocycles. The second-order valence-electron chi connectivity index (χ2n) is 5.52. The van der Waals surface area contributed by atoms with Gasteiger partial charge < -0.3 is 28.4 Å². The topological polar surface area (TPSA) is 55.4 Å². The van der Waals surface area contributed by atoms with Gasteiger partial charge in [0.2, 0.25) is 0 Å². The molecule has 0 radical (unpaired) electrons. The second kappa shape index (κ2) is 11.8. The molecule has 0 aliphatic rings. The van der Waals surface area contributed by atoms with Gasteiger partial charge in [-0.05, 0) is 44.2 Å². The predicted octanol–water partition coefficient (Wildman–Crippen LogP) is 3.85. The lowest BCUT2D eigenvalue weighted by Crippen LogP contribution is -2.06. The Morgan fingerprint density at radius 2 is 1.25 bits per heavy atom. The van der Waals surface area contributed by atoms with E-state index in [1.165, 1.54) is 0 Å². The minimum atomic E-state index is 0.130. The molecule has 0 atom stereocenters. The van der Waals surface area contributed by atoms with Gasteiger partial charge in [-0.3, -0.25) is 0 Å². The molecule has 0 heterocycles. The average Bonchev–Trinajstić information content (AvgIpc) is 2.73. The zero-order chi connectivity index (χ0) is 20.2. The van der Waals surface area contributed by atoms with E-state index in [2.05, 4.69) is 11.8 Å². The fraction of sp³-hybridized carbons (Fsp3) is 0.364. The highest BCUT2D eigenvalue weighted by molar-refractivity contribution is 5.52. The molecule has 0 spiro atoms. The molecule has 0 amide bonds. The summed E-state index contributed by atoms with van der Waals surface area (Å²) in [5.74, 6) is 8.72. The Morgan fingerprint density at radius 3 is 1.82 bits per heavy atom.